The van der Waals surface area contributed by atoms with Crippen molar-refractivity contribution in [2.75, 3.05) is 19.8 Å². The minimum absolute atomic E-state index is 0.0317. The SMILES string of the molecule is CCOc1cc(C(=O)N2CCCC2C)ccc1OCC(=O)O. The maximum Gasteiger partial charge on any atom is 0.341 e. The van der Waals surface area contributed by atoms with Crippen LogP contribution in [0.3, 0.4) is 0 Å². The molecule has 6 nitrogen and oxygen atoms in total. The lowest BCUT2D eigenvalue weighted by Crippen LogP contribution is -2.33. The molecule has 1 aromatic carbocycles. The second-order valence-electron chi connectivity index (χ2n) is 5.27. The molecule has 1 unspecified atom stereocenters. The van der Waals surface area contributed by atoms with Crippen molar-refractivity contribution in [2.24, 2.45) is 0 Å². The van der Waals surface area contributed by atoms with Crippen molar-refractivity contribution in [3.05, 3.63) is 23.8 Å². The summed E-state index contributed by atoms with van der Waals surface area (Å²) in [6.07, 6.45) is 2.04. The molecule has 0 aromatic heterocycles. The van der Waals surface area contributed by atoms with Crippen LogP contribution in [0.15, 0.2) is 18.2 Å². The molecule has 2 rings (SSSR count). The van der Waals surface area contributed by atoms with E-state index in [1.807, 2.05) is 18.7 Å². The second kappa shape index (κ2) is 7.15. The molecular formula is C16H21NO5. The Balaban J connectivity index is 2.20. The topological polar surface area (TPSA) is 76.1 Å². The largest absolute Gasteiger partial charge is 0.490 e. The van der Waals surface area contributed by atoms with Crippen molar-refractivity contribution in [3.63, 3.8) is 0 Å². The van der Waals surface area contributed by atoms with E-state index in [0.717, 1.165) is 19.4 Å². The van der Waals surface area contributed by atoms with Gasteiger partial charge in [0.2, 0.25) is 0 Å². The molecule has 1 heterocycles. The number of aliphatic carboxylic acids is 1. The van der Waals surface area contributed by atoms with Crippen LogP contribution in [0.25, 0.3) is 0 Å². The molecule has 0 radical (unpaired) electrons. The number of carboxylic acid groups (broad SMARTS) is 1. The maximum atomic E-state index is 12.5. The molecule has 1 amide bonds. The standard InChI is InChI=1S/C16H21NO5/c1-3-21-14-9-12(6-7-13(14)22-10-15(18)19)16(20)17-8-4-5-11(17)2/h6-7,9,11H,3-5,8,10H2,1-2H3,(H,18,19). The number of hydrogen-bond acceptors (Lipinski definition) is 4. The molecule has 0 bridgehead atoms. The van der Waals surface area contributed by atoms with Crippen LogP contribution < -0.4 is 9.47 Å². The maximum absolute atomic E-state index is 12.5. The van der Waals surface area contributed by atoms with Crippen LogP contribution in [-0.4, -0.2) is 47.7 Å². The summed E-state index contributed by atoms with van der Waals surface area (Å²) in [7, 11) is 0. The number of benzene rings is 1. The highest BCUT2D eigenvalue weighted by atomic mass is 16.5. The summed E-state index contributed by atoms with van der Waals surface area (Å²) >= 11 is 0. The first kappa shape index (κ1) is 16.1. The van der Waals surface area contributed by atoms with Gasteiger partial charge in [0.15, 0.2) is 18.1 Å². The highest BCUT2D eigenvalue weighted by molar-refractivity contribution is 5.95. The van der Waals surface area contributed by atoms with Crippen LogP contribution in [-0.2, 0) is 4.79 Å². The van der Waals surface area contributed by atoms with E-state index in [9.17, 15) is 9.59 Å². The summed E-state index contributed by atoms with van der Waals surface area (Å²) in [5.74, 6) is -0.374. The fraction of sp³-hybridized carbons (Fsp3) is 0.500. The first-order valence-corrected chi connectivity index (χ1v) is 7.45. The lowest BCUT2D eigenvalue weighted by molar-refractivity contribution is -0.139. The number of amides is 1. The van der Waals surface area contributed by atoms with Gasteiger partial charge in [0, 0.05) is 18.2 Å². The molecule has 1 aromatic rings. The lowest BCUT2D eigenvalue weighted by Gasteiger charge is -2.22. The van der Waals surface area contributed by atoms with Crippen molar-refractivity contribution in [2.45, 2.75) is 32.7 Å². The van der Waals surface area contributed by atoms with Crippen LogP contribution in [0.1, 0.15) is 37.0 Å². The number of carbonyl (C=O) groups excluding carboxylic acids is 1. The lowest BCUT2D eigenvalue weighted by atomic mass is 10.1. The number of nitrogens with zero attached hydrogens (tertiary/aromatic N) is 1. The Bertz CT molecular complexity index is 557. The van der Waals surface area contributed by atoms with Gasteiger partial charge in [-0.25, -0.2) is 4.79 Å². The monoisotopic (exact) mass is 307 g/mol. The number of ether oxygens (including phenoxy) is 2. The summed E-state index contributed by atoms with van der Waals surface area (Å²) in [4.78, 5) is 25.0. The molecule has 1 fully saturated rings. The van der Waals surface area contributed by atoms with Crippen molar-refractivity contribution >= 4 is 11.9 Å². The van der Waals surface area contributed by atoms with Crippen LogP contribution >= 0.6 is 0 Å². The third-order valence-electron chi connectivity index (χ3n) is 3.66. The fourth-order valence-corrected chi connectivity index (χ4v) is 2.57. The predicted octanol–water partition coefficient (Wildman–Crippen LogP) is 2.17. The molecule has 0 spiro atoms. The first-order chi connectivity index (χ1) is 10.5. The van der Waals surface area contributed by atoms with Gasteiger partial charge in [0.1, 0.15) is 0 Å². The fourth-order valence-electron chi connectivity index (χ4n) is 2.57. The summed E-state index contributed by atoms with van der Waals surface area (Å²) < 4.78 is 10.6. The number of carboxylic acids is 1. The van der Waals surface area contributed by atoms with E-state index in [4.69, 9.17) is 14.6 Å². The first-order valence-electron chi connectivity index (χ1n) is 7.45. The highest BCUT2D eigenvalue weighted by Gasteiger charge is 2.26. The van der Waals surface area contributed by atoms with E-state index in [-0.39, 0.29) is 11.9 Å². The Morgan fingerprint density at radius 3 is 2.68 bits per heavy atom. The zero-order valence-electron chi connectivity index (χ0n) is 12.9. The average Bonchev–Trinajstić information content (AvgIpc) is 2.91. The van der Waals surface area contributed by atoms with Crippen molar-refractivity contribution in [3.8, 4) is 11.5 Å². The minimum Gasteiger partial charge on any atom is -0.490 e. The molecular weight excluding hydrogens is 286 g/mol. The van der Waals surface area contributed by atoms with Gasteiger partial charge < -0.3 is 19.5 Å². The van der Waals surface area contributed by atoms with E-state index < -0.39 is 12.6 Å². The van der Waals surface area contributed by atoms with Crippen LogP contribution in [0.5, 0.6) is 11.5 Å². The number of likely N-dealkylation sites (tertiary alicyclic amines) is 1. The number of carbonyl (C=O) groups is 2. The van der Waals surface area contributed by atoms with Gasteiger partial charge in [0.05, 0.1) is 6.61 Å². The molecule has 1 aliphatic rings. The van der Waals surface area contributed by atoms with Gasteiger partial charge >= 0.3 is 5.97 Å². The Labute approximate surface area is 129 Å². The molecule has 120 valence electrons. The summed E-state index contributed by atoms with van der Waals surface area (Å²) in [6, 6.07) is 5.09. The van der Waals surface area contributed by atoms with Gasteiger partial charge in [-0.3, -0.25) is 4.79 Å². The molecule has 1 N–H and O–H groups in total. The molecule has 1 saturated heterocycles. The summed E-state index contributed by atoms with van der Waals surface area (Å²) in [5, 5.41) is 8.68. The Morgan fingerprint density at radius 1 is 1.32 bits per heavy atom. The molecule has 6 heteroatoms. The smallest absolute Gasteiger partial charge is 0.341 e. The molecule has 22 heavy (non-hydrogen) atoms. The van der Waals surface area contributed by atoms with Crippen LogP contribution in [0.2, 0.25) is 0 Å². The molecule has 0 aliphatic carbocycles. The zero-order chi connectivity index (χ0) is 16.1. The van der Waals surface area contributed by atoms with Gasteiger partial charge in [-0.1, -0.05) is 0 Å². The van der Waals surface area contributed by atoms with E-state index in [1.165, 1.54) is 0 Å². The van der Waals surface area contributed by atoms with Gasteiger partial charge in [0.25, 0.3) is 5.91 Å². The normalized spacial score (nSPS) is 17.4. The van der Waals surface area contributed by atoms with Crippen molar-refractivity contribution in [1.29, 1.82) is 0 Å². The third-order valence-corrected chi connectivity index (χ3v) is 3.66. The summed E-state index contributed by atoms with van der Waals surface area (Å²) in [6.45, 7) is 4.58. The van der Waals surface area contributed by atoms with E-state index in [2.05, 4.69) is 0 Å². The number of hydrogen-bond donors (Lipinski definition) is 1. The Hall–Kier alpha value is -2.24. The third kappa shape index (κ3) is 3.69. The van der Waals surface area contributed by atoms with Gasteiger partial charge in [-0.15, -0.1) is 0 Å². The Morgan fingerprint density at radius 2 is 2.09 bits per heavy atom. The minimum atomic E-state index is -1.06. The van der Waals surface area contributed by atoms with Gasteiger partial charge in [-0.05, 0) is 44.9 Å². The highest BCUT2D eigenvalue weighted by Crippen LogP contribution is 2.30. The molecule has 1 atom stereocenters. The van der Waals surface area contributed by atoms with E-state index in [1.54, 1.807) is 18.2 Å². The zero-order valence-corrected chi connectivity index (χ0v) is 12.9. The van der Waals surface area contributed by atoms with E-state index in [0.29, 0.717) is 23.7 Å². The predicted molar refractivity (Wildman–Crippen MR) is 80.5 cm³/mol. The average molecular weight is 307 g/mol. The van der Waals surface area contributed by atoms with Crippen molar-refractivity contribution in [1.82, 2.24) is 4.90 Å². The number of rotatable bonds is 6. The van der Waals surface area contributed by atoms with E-state index >= 15 is 0 Å². The quantitative estimate of drug-likeness (QED) is 0.871. The van der Waals surface area contributed by atoms with Crippen LogP contribution in [0.4, 0.5) is 0 Å². The molecule has 1 aliphatic heterocycles. The second-order valence-corrected chi connectivity index (χ2v) is 5.27. The Kier molecular flexibility index (Phi) is 5.25. The molecule has 0 saturated carbocycles. The van der Waals surface area contributed by atoms with Crippen LogP contribution in [0, 0.1) is 0 Å². The summed E-state index contributed by atoms with van der Waals surface area (Å²) in [5.41, 5.74) is 0.528. The van der Waals surface area contributed by atoms with Crippen molar-refractivity contribution < 1.29 is 24.2 Å². The van der Waals surface area contributed by atoms with Gasteiger partial charge in [-0.2, -0.15) is 0 Å².